The molecule has 2 heterocycles. The normalized spacial score (nSPS) is 24.8. The number of thiophene rings is 1. The maximum atomic E-state index is 3.86. The van der Waals surface area contributed by atoms with Crippen LogP contribution < -0.4 is 5.32 Å². The van der Waals surface area contributed by atoms with Gasteiger partial charge in [0, 0.05) is 10.9 Å². The fourth-order valence-corrected chi connectivity index (χ4v) is 5.37. The van der Waals surface area contributed by atoms with Crippen LogP contribution in [-0.2, 0) is 6.42 Å². The lowest BCUT2D eigenvalue weighted by Crippen LogP contribution is -2.38. The van der Waals surface area contributed by atoms with E-state index in [-0.39, 0.29) is 0 Å². The van der Waals surface area contributed by atoms with E-state index in [4.69, 9.17) is 0 Å². The number of hydrogen-bond donors (Lipinski definition) is 1. The van der Waals surface area contributed by atoms with Gasteiger partial charge in [0.25, 0.3) is 0 Å². The molecule has 1 aliphatic heterocycles. The highest BCUT2D eigenvalue weighted by atomic mass is 79.9. The minimum Gasteiger partial charge on any atom is -0.310 e. The molecule has 0 aromatic carbocycles. The smallest absolute Gasteiger partial charge is 0.0704 e. The van der Waals surface area contributed by atoms with Crippen molar-refractivity contribution in [1.82, 2.24) is 10.2 Å². The minimum absolute atomic E-state index is 0.602. The molecule has 4 heteroatoms. The van der Waals surface area contributed by atoms with E-state index in [1.807, 2.05) is 11.3 Å². The zero-order valence-electron chi connectivity index (χ0n) is 12.3. The van der Waals surface area contributed by atoms with Crippen molar-refractivity contribution < 1.29 is 0 Å². The number of hydrogen-bond acceptors (Lipinski definition) is 3. The van der Waals surface area contributed by atoms with E-state index in [2.05, 4.69) is 39.1 Å². The van der Waals surface area contributed by atoms with Crippen LogP contribution in [-0.4, -0.2) is 31.1 Å². The van der Waals surface area contributed by atoms with Crippen molar-refractivity contribution in [2.45, 2.75) is 45.1 Å². The molecular formula is C16H25BrN2S. The van der Waals surface area contributed by atoms with E-state index < -0.39 is 0 Å². The highest BCUT2D eigenvalue weighted by Gasteiger charge is 2.24. The third-order valence-electron chi connectivity index (χ3n) is 4.89. The number of piperidine rings is 1. The molecule has 3 rings (SSSR count). The number of aryl methyl sites for hydroxylation is 1. The van der Waals surface area contributed by atoms with E-state index >= 15 is 0 Å². The zero-order chi connectivity index (χ0) is 13.9. The highest BCUT2D eigenvalue weighted by molar-refractivity contribution is 9.11. The fraction of sp³-hybridized carbons (Fsp3) is 0.750. The Labute approximate surface area is 135 Å². The summed E-state index contributed by atoms with van der Waals surface area (Å²) in [5.41, 5.74) is 1.57. The maximum absolute atomic E-state index is 3.86. The van der Waals surface area contributed by atoms with E-state index in [1.165, 1.54) is 62.1 Å². The van der Waals surface area contributed by atoms with E-state index in [0.717, 1.165) is 5.92 Å². The third kappa shape index (κ3) is 3.46. The summed E-state index contributed by atoms with van der Waals surface area (Å²) in [5.74, 6) is 0.880. The SMILES string of the molecule is CCN1CCC(CNC2CCCc3sc(Br)cc32)CC1. The summed E-state index contributed by atoms with van der Waals surface area (Å²) < 4.78 is 1.30. The summed E-state index contributed by atoms with van der Waals surface area (Å²) in [6, 6.07) is 2.95. The van der Waals surface area contributed by atoms with Crippen LogP contribution >= 0.6 is 27.3 Å². The Morgan fingerprint density at radius 2 is 2.15 bits per heavy atom. The second-order valence-corrected chi connectivity index (χ2v) is 8.68. The molecule has 1 atom stereocenters. The Kier molecular flexibility index (Phi) is 5.18. The number of nitrogens with zero attached hydrogens (tertiary/aromatic N) is 1. The van der Waals surface area contributed by atoms with Crippen LogP contribution in [0, 0.1) is 5.92 Å². The molecule has 0 spiro atoms. The molecule has 1 aromatic heterocycles. The average molecular weight is 357 g/mol. The molecule has 20 heavy (non-hydrogen) atoms. The lowest BCUT2D eigenvalue weighted by Gasteiger charge is -2.32. The molecule has 1 unspecified atom stereocenters. The van der Waals surface area contributed by atoms with Gasteiger partial charge in [-0.2, -0.15) is 0 Å². The van der Waals surface area contributed by atoms with Crippen LogP contribution in [0.2, 0.25) is 0 Å². The highest BCUT2D eigenvalue weighted by Crippen LogP contribution is 2.38. The van der Waals surface area contributed by atoms with Gasteiger partial charge in [-0.15, -0.1) is 11.3 Å². The standard InChI is InChI=1S/C16H25BrN2S/c1-2-19-8-6-12(7-9-19)11-18-14-4-3-5-15-13(14)10-16(17)20-15/h10,12,14,18H,2-9,11H2,1H3. The summed E-state index contributed by atoms with van der Waals surface area (Å²) in [6.45, 7) is 7.28. The Morgan fingerprint density at radius 3 is 2.90 bits per heavy atom. The zero-order valence-corrected chi connectivity index (χ0v) is 14.7. The van der Waals surface area contributed by atoms with E-state index in [1.54, 1.807) is 10.4 Å². The summed E-state index contributed by atoms with van der Waals surface area (Å²) in [6.07, 6.45) is 6.66. The van der Waals surface area contributed by atoms with Gasteiger partial charge >= 0.3 is 0 Å². The van der Waals surface area contributed by atoms with Crippen molar-refractivity contribution in [2.75, 3.05) is 26.2 Å². The summed E-state index contributed by atoms with van der Waals surface area (Å²) in [7, 11) is 0. The molecular weight excluding hydrogens is 332 g/mol. The number of likely N-dealkylation sites (tertiary alicyclic amines) is 1. The Hall–Kier alpha value is 0.100. The first-order valence-electron chi connectivity index (χ1n) is 8.00. The molecule has 0 saturated carbocycles. The lowest BCUT2D eigenvalue weighted by atomic mass is 9.92. The van der Waals surface area contributed by atoms with Crippen LogP contribution in [0.25, 0.3) is 0 Å². The molecule has 2 nitrogen and oxygen atoms in total. The van der Waals surface area contributed by atoms with Crippen LogP contribution in [0.5, 0.6) is 0 Å². The van der Waals surface area contributed by atoms with Gasteiger partial charge in [-0.3, -0.25) is 0 Å². The van der Waals surface area contributed by atoms with Gasteiger partial charge in [0.2, 0.25) is 0 Å². The largest absolute Gasteiger partial charge is 0.310 e. The van der Waals surface area contributed by atoms with Crippen LogP contribution in [0.3, 0.4) is 0 Å². The predicted molar refractivity (Wildman–Crippen MR) is 90.5 cm³/mol. The van der Waals surface area contributed by atoms with Crippen molar-refractivity contribution in [1.29, 1.82) is 0 Å². The first kappa shape index (κ1) is 15.0. The van der Waals surface area contributed by atoms with Gasteiger partial charge in [-0.05, 0) is 91.8 Å². The second-order valence-electron chi connectivity index (χ2n) is 6.16. The monoisotopic (exact) mass is 356 g/mol. The Balaban J connectivity index is 1.52. The first-order valence-corrected chi connectivity index (χ1v) is 9.61. The number of fused-ring (bicyclic) bond motifs is 1. The Morgan fingerprint density at radius 1 is 1.35 bits per heavy atom. The molecule has 112 valence electrons. The molecule has 1 fully saturated rings. The van der Waals surface area contributed by atoms with Crippen molar-refractivity contribution in [3.63, 3.8) is 0 Å². The predicted octanol–water partition coefficient (Wildman–Crippen LogP) is 4.21. The molecule has 1 saturated heterocycles. The summed E-state index contributed by atoms with van der Waals surface area (Å²) in [4.78, 5) is 4.17. The average Bonchev–Trinajstić information content (AvgIpc) is 2.86. The minimum atomic E-state index is 0.602. The van der Waals surface area contributed by atoms with Gasteiger partial charge in [-0.1, -0.05) is 6.92 Å². The van der Waals surface area contributed by atoms with E-state index in [9.17, 15) is 0 Å². The summed E-state index contributed by atoms with van der Waals surface area (Å²) >= 11 is 5.58. The van der Waals surface area contributed by atoms with Crippen molar-refractivity contribution >= 4 is 27.3 Å². The molecule has 1 aromatic rings. The molecule has 0 radical (unpaired) electrons. The Bertz CT molecular complexity index is 438. The number of nitrogens with one attached hydrogen (secondary N) is 1. The van der Waals surface area contributed by atoms with Gasteiger partial charge < -0.3 is 10.2 Å². The van der Waals surface area contributed by atoms with Gasteiger partial charge in [0.1, 0.15) is 0 Å². The number of halogens is 1. The van der Waals surface area contributed by atoms with Crippen molar-refractivity contribution in [3.8, 4) is 0 Å². The van der Waals surface area contributed by atoms with Crippen LogP contribution in [0.4, 0.5) is 0 Å². The fourth-order valence-electron chi connectivity index (χ4n) is 3.55. The first-order chi connectivity index (χ1) is 9.76. The molecule has 1 aliphatic carbocycles. The molecule has 0 amide bonds. The van der Waals surface area contributed by atoms with Gasteiger partial charge in [0.05, 0.1) is 3.79 Å². The third-order valence-corrected chi connectivity index (χ3v) is 6.60. The molecule has 1 N–H and O–H groups in total. The van der Waals surface area contributed by atoms with Crippen LogP contribution in [0.15, 0.2) is 9.85 Å². The number of rotatable bonds is 4. The van der Waals surface area contributed by atoms with Crippen molar-refractivity contribution in [3.05, 3.63) is 20.3 Å². The van der Waals surface area contributed by atoms with Gasteiger partial charge in [0.15, 0.2) is 0 Å². The second kappa shape index (κ2) is 6.91. The van der Waals surface area contributed by atoms with Gasteiger partial charge in [-0.25, -0.2) is 0 Å². The lowest BCUT2D eigenvalue weighted by molar-refractivity contribution is 0.186. The molecule has 2 aliphatic rings. The summed E-state index contributed by atoms with van der Waals surface area (Å²) in [5, 5.41) is 3.86. The quantitative estimate of drug-likeness (QED) is 0.868. The maximum Gasteiger partial charge on any atom is 0.0704 e. The molecule has 0 bridgehead atoms. The van der Waals surface area contributed by atoms with E-state index in [0.29, 0.717) is 6.04 Å². The van der Waals surface area contributed by atoms with Crippen LogP contribution in [0.1, 0.15) is 49.1 Å². The topological polar surface area (TPSA) is 15.3 Å². The van der Waals surface area contributed by atoms with Crippen molar-refractivity contribution in [2.24, 2.45) is 5.92 Å².